The van der Waals surface area contributed by atoms with Crippen molar-refractivity contribution in [2.75, 3.05) is 0 Å². The van der Waals surface area contributed by atoms with Crippen LogP contribution in [0, 0.1) is 3.57 Å². The number of rotatable bonds is 0. The van der Waals surface area contributed by atoms with Crippen molar-refractivity contribution in [1.29, 1.82) is 0 Å². The third-order valence-corrected chi connectivity index (χ3v) is 1.45. The van der Waals surface area contributed by atoms with E-state index < -0.39 is 7.32 Å². The average Bonchev–Trinajstić information content (AvgIpc) is 1.87. The molecule has 0 atom stereocenters. The third kappa shape index (κ3) is 9.89. The van der Waals surface area contributed by atoms with Gasteiger partial charge in [0.05, 0.1) is 0 Å². The molecule has 0 aliphatic carbocycles. The molecular weight excluding hydrogens is 258 g/mol. The molecule has 0 aliphatic rings. The van der Waals surface area contributed by atoms with Gasteiger partial charge in [0.15, 0.2) is 0 Å². The fraction of sp³-hybridized carbons (Fsp3) is 0. The van der Waals surface area contributed by atoms with Crippen molar-refractivity contribution in [2.45, 2.75) is 0 Å². The van der Waals surface area contributed by atoms with Gasteiger partial charge in [-0.2, -0.15) is 0 Å². The quantitative estimate of drug-likeness (QED) is 0.465. The Morgan fingerprint density at radius 3 is 1.55 bits per heavy atom. The van der Waals surface area contributed by atoms with Gasteiger partial charge in [0.25, 0.3) is 0 Å². The summed E-state index contributed by atoms with van der Waals surface area (Å²) in [5.41, 5.74) is 0. The highest BCUT2D eigenvalue weighted by Crippen LogP contribution is 1.99. The molecule has 3 N–H and O–H groups in total. The summed E-state index contributed by atoms with van der Waals surface area (Å²) in [6.45, 7) is 0. The fourth-order valence-electron chi connectivity index (χ4n) is 0.415. The predicted octanol–water partition coefficient (Wildman–Crippen LogP) is 0.239. The van der Waals surface area contributed by atoms with E-state index in [0.717, 1.165) is 0 Å². The van der Waals surface area contributed by atoms with Crippen LogP contribution in [0.25, 0.3) is 0 Å². The molecule has 0 aromatic heterocycles. The molecule has 1 rings (SSSR count). The molecule has 0 saturated carbocycles. The van der Waals surface area contributed by atoms with Gasteiger partial charge in [-0.3, -0.25) is 0 Å². The smallest absolute Gasteiger partial charge is 0.402 e. The van der Waals surface area contributed by atoms with Crippen LogP contribution in [-0.2, 0) is 0 Å². The molecule has 60 valence electrons. The van der Waals surface area contributed by atoms with Crippen LogP contribution < -0.4 is 0 Å². The van der Waals surface area contributed by atoms with Crippen LogP contribution in [-0.4, -0.2) is 22.4 Å². The summed E-state index contributed by atoms with van der Waals surface area (Å²) in [7, 11) is -2.17. The molecule has 3 nitrogen and oxygen atoms in total. The Balaban J connectivity index is 0.000000218. The Morgan fingerprint density at radius 2 is 1.36 bits per heavy atom. The van der Waals surface area contributed by atoms with Gasteiger partial charge < -0.3 is 15.1 Å². The molecule has 0 saturated heterocycles. The van der Waals surface area contributed by atoms with E-state index in [4.69, 9.17) is 15.1 Å². The van der Waals surface area contributed by atoms with Gasteiger partial charge in [-0.1, -0.05) is 18.2 Å². The molecule has 11 heavy (non-hydrogen) atoms. The van der Waals surface area contributed by atoms with E-state index in [1.54, 1.807) is 0 Å². The minimum atomic E-state index is -2.17. The maximum Gasteiger partial charge on any atom is 0.631 e. The monoisotopic (exact) mass is 266 g/mol. The zero-order chi connectivity index (χ0) is 8.69. The van der Waals surface area contributed by atoms with E-state index in [0.29, 0.717) is 0 Å². The molecule has 0 spiro atoms. The first-order chi connectivity index (χ1) is 5.13. The van der Waals surface area contributed by atoms with Crippen molar-refractivity contribution in [2.24, 2.45) is 0 Å². The Hall–Kier alpha value is -0.105. The van der Waals surface area contributed by atoms with Crippen LogP contribution in [0.15, 0.2) is 30.3 Å². The minimum Gasteiger partial charge on any atom is -0.402 e. The summed E-state index contributed by atoms with van der Waals surface area (Å²) < 4.78 is 1.29. The summed E-state index contributed by atoms with van der Waals surface area (Å²) >= 11 is 2.28. The normalized spacial score (nSPS) is 8.00. The van der Waals surface area contributed by atoms with E-state index in [2.05, 4.69) is 34.7 Å². The van der Waals surface area contributed by atoms with Crippen LogP contribution in [0.3, 0.4) is 0 Å². The lowest BCUT2D eigenvalue weighted by Crippen LogP contribution is -2.07. The third-order valence-electron chi connectivity index (χ3n) is 0.733. The lowest BCUT2D eigenvalue weighted by atomic mass is 10.3. The summed E-state index contributed by atoms with van der Waals surface area (Å²) in [6, 6.07) is 10.2. The predicted molar refractivity (Wildman–Crippen MR) is 51.6 cm³/mol. The van der Waals surface area contributed by atoms with E-state index in [-0.39, 0.29) is 0 Å². The topological polar surface area (TPSA) is 60.7 Å². The van der Waals surface area contributed by atoms with Crippen molar-refractivity contribution in [3.8, 4) is 0 Å². The zero-order valence-corrected chi connectivity index (χ0v) is 7.84. The van der Waals surface area contributed by atoms with Gasteiger partial charge in [-0.15, -0.1) is 0 Å². The summed E-state index contributed by atoms with van der Waals surface area (Å²) in [4.78, 5) is 0. The van der Waals surface area contributed by atoms with Crippen molar-refractivity contribution in [3.05, 3.63) is 33.9 Å². The maximum atomic E-state index is 7.17. The van der Waals surface area contributed by atoms with E-state index in [9.17, 15) is 0 Å². The van der Waals surface area contributed by atoms with Crippen molar-refractivity contribution < 1.29 is 15.1 Å². The van der Waals surface area contributed by atoms with Crippen LogP contribution >= 0.6 is 22.6 Å². The molecule has 5 heteroatoms. The standard InChI is InChI=1S/C6H5I.BH3O3/c7-6-4-2-1-3-5-6;2-1(3)4/h1-5H;2-4H. The van der Waals surface area contributed by atoms with Gasteiger partial charge in [0, 0.05) is 3.57 Å². The Labute approximate surface area is 79.0 Å². The first-order valence-corrected chi connectivity index (χ1v) is 3.95. The van der Waals surface area contributed by atoms with E-state index in [1.807, 2.05) is 18.2 Å². The van der Waals surface area contributed by atoms with Crippen LogP contribution in [0.5, 0.6) is 0 Å². The second kappa shape index (κ2) is 6.60. The molecule has 0 amide bonds. The number of benzene rings is 1. The van der Waals surface area contributed by atoms with Crippen LogP contribution in [0.2, 0.25) is 0 Å². The number of hydrogen-bond acceptors (Lipinski definition) is 3. The lowest BCUT2D eigenvalue weighted by molar-refractivity contribution is 0.278. The van der Waals surface area contributed by atoms with Crippen molar-refractivity contribution in [3.63, 3.8) is 0 Å². The highest BCUT2D eigenvalue weighted by Gasteiger charge is 1.92. The summed E-state index contributed by atoms with van der Waals surface area (Å²) in [5, 5.41) is 21.5. The minimum absolute atomic E-state index is 1.29. The first-order valence-electron chi connectivity index (χ1n) is 2.87. The highest BCUT2D eigenvalue weighted by molar-refractivity contribution is 14.1. The average molecular weight is 266 g/mol. The Morgan fingerprint density at radius 1 is 1.00 bits per heavy atom. The van der Waals surface area contributed by atoms with Crippen LogP contribution in [0.4, 0.5) is 0 Å². The van der Waals surface area contributed by atoms with Gasteiger partial charge in [0.2, 0.25) is 0 Å². The Kier molecular flexibility index (Phi) is 6.53. The molecular formula is C6H8BIO3. The molecule has 0 fully saturated rings. The largest absolute Gasteiger partial charge is 0.631 e. The molecule has 1 aromatic carbocycles. The molecule has 0 unspecified atom stereocenters. The highest BCUT2D eigenvalue weighted by atomic mass is 127. The zero-order valence-electron chi connectivity index (χ0n) is 5.68. The maximum absolute atomic E-state index is 7.17. The van der Waals surface area contributed by atoms with Crippen molar-refractivity contribution in [1.82, 2.24) is 0 Å². The lowest BCUT2D eigenvalue weighted by Gasteiger charge is -1.80. The van der Waals surface area contributed by atoms with E-state index in [1.165, 1.54) is 3.57 Å². The van der Waals surface area contributed by atoms with Crippen molar-refractivity contribution >= 4 is 29.9 Å². The summed E-state index contributed by atoms with van der Waals surface area (Å²) in [6.07, 6.45) is 0. The van der Waals surface area contributed by atoms with E-state index >= 15 is 0 Å². The molecule has 0 bridgehead atoms. The number of hydrogen-bond donors (Lipinski definition) is 3. The summed E-state index contributed by atoms with van der Waals surface area (Å²) in [5.74, 6) is 0. The molecule has 0 heterocycles. The van der Waals surface area contributed by atoms with Gasteiger partial charge in [-0.05, 0) is 34.7 Å². The fourth-order valence-corrected chi connectivity index (χ4v) is 0.830. The first kappa shape index (κ1) is 10.9. The Bertz CT molecular complexity index is 178. The SMILES string of the molecule is Ic1ccccc1.OB(O)O. The second-order valence-electron chi connectivity index (χ2n) is 1.64. The van der Waals surface area contributed by atoms with Crippen LogP contribution in [0.1, 0.15) is 0 Å². The van der Waals surface area contributed by atoms with Gasteiger partial charge in [0.1, 0.15) is 0 Å². The number of halogens is 1. The molecule has 1 aromatic rings. The van der Waals surface area contributed by atoms with Gasteiger partial charge in [-0.25, -0.2) is 0 Å². The molecule has 0 radical (unpaired) electrons. The molecule has 0 aliphatic heterocycles. The van der Waals surface area contributed by atoms with Gasteiger partial charge >= 0.3 is 7.32 Å². The second-order valence-corrected chi connectivity index (χ2v) is 2.89.